The van der Waals surface area contributed by atoms with Crippen LogP contribution >= 0.6 is 0 Å². The summed E-state index contributed by atoms with van der Waals surface area (Å²) in [6, 6.07) is 8.58. The van der Waals surface area contributed by atoms with Crippen LogP contribution < -0.4 is 5.73 Å². The normalized spacial score (nSPS) is 22.1. The Bertz CT molecular complexity index is 324. The SMILES string of the molecule is CC(CN)OC1CCCc2ccccc21. The van der Waals surface area contributed by atoms with Crippen molar-refractivity contribution >= 4 is 0 Å². The molecule has 0 amide bonds. The van der Waals surface area contributed by atoms with Crippen molar-refractivity contribution < 1.29 is 4.74 Å². The van der Waals surface area contributed by atoms with Gasteiger partial charge in [0.2, 0.25) is 0 Å². The molecular formula is C13H19NO. The maximum atomic E-state index is 5.94. The summed E-state index contributed by atoms with van der Waals surface area (Å²) < 4.78 is 5.94. The fourth-order valence-corrected chi connectivity index (χ4v) is 2.19. The first-order chi connectivity index (χ1) is 7.31. The lowest BCUT2D eigenvalue weighted by Crippen LogP contribution is -2.24. The molecule has 0 radical (unpaired) electrons. The molecule has 2 atom stereocenters. The molecule has 1 aromatic rings. The minimum absolute atomic E-state index is 0.154. The molecule has 0 fully saturated rings. The Balaban J connectivity index is 2.15. The van der Waals surface area contributed by atoms with Crippen molar-refractivity contribution in [3.05, 3.63) is 35.4 Å². The number of fused-ring (bicyclic) bond motifs is 1. The zero-order valence-corrected chi connectivity index (χ0v) is 9.28. The second kappa shape index (κ2) is 4.77. The molecular weight excluding hydrogens is 186 g/mol. The van der Waals surface area contributed by atoms with Crippen LogP contribution in [0, 0.1) is 0 Å². The third-order valence-electron chi connectivity index (χ3n) is 3.04. The summed E-state index contributed by atoms with van der Waals surface area (Å²) in [4.78, 5) is 0. The lowest BCUT2D eigenvalue weighted by atomic mass is 9.89. The third-order valence-corrected chi connectivity index (χ3v) is 3.04. The molecule has 2 heteroatoms. The molecule has 1 aliphatic carbocycles. The molecule has 0 spiro atoms. The van der Waals surface area contributed by atoms with Crippen LogP contribution in [0.2, 0.25) is 0 Å². The smallest absolute Gasteiger partial charge is 0.0832 e. The largest absolute Gasteiger partial charge is 0.369 e. The van der Waals surface area contributed by atoms with Gasteiger partial charge in [0.15, 0.2) is 0 Å². The van der Waals surface area contributed by atoms with Crippen LogP contribution in [0.1, 0.15) is 37.0 Å². The Hall–Kier alpha value is -0.860. The molecule has 0 bridgehead atoms. The van der Waals surface area contributed by atoms with Crippen LogP contribution in [0.15, 0.2) is 24.3 Å². The van der Waals surface area contributed by atoms with Crippen LogP contribution in [0.5, 0.6) is 0 Å². The van der Waals surface area contributed by atoms with Crippen LogP contribution in [-0.4, -0.2) is 12.6 Å². The molecule has 82 valence electrons. The predicted molar refractivity (Wildman–Crippen MR) is 61.7 cm³/mol. The van der Waals surface area contributed by atoms with Gasteiger partial charge < -0.3 is 10.5 Å². The van der Waals surface area contributed by atoms with Gasteiger partial charge in [0.25, 0.3) is 0 Å². The zero-order valence-electron chi connectivity index (χ0n) is 9.28. The Morgan fingerprint density at radius 2 is 2.27 bits per heavy atom. The average Bonchev–Trinajstić information content (AvgIpc) is 2.29. The summed E-state index contributed by atoms with van der Waals surface area (Å²) in [5.74, 6) is 0. The van der Waals surface area contributed by atoms with Crippen LogP contribution in [0.4, 0.5) is 0 Å². The van der Waals surface area contributed by atoms with Crippen molar-refractivity contribution in [2.24, 2.45) is 5.73 Å². The molecule has 1 aliphatic rings. The highest BCUT2D eigenvalue weighted by atomic mass is 16.5. The van der Waals surface area contributed by atoms with Crippen LogP contribution in [-0.2, 0) is 11.2 Å². The molecule has 0 aliphatic heterocycles. The van der Waals surface area contributed by atoms with Gasteiger partial charge >= 0.3 is 0 Å². The molecule has 0 saturated heterocycles. The van der Waals surface area contributed by atoms with Crippen molar-refractivity contribution in [2.45, 2.75) is 38.4 Å². The molecule has 2 rings (SSSR count). The highest BCUT2D eigenvalue weighted by Crippen LogP contribution is 2.32. The number of nitrogens with two attached hydrogens (primary N) is 1. The molecule has 1 aromatic carbocycles. The minimum atomic E-state index is 0.154. The quantitative estimate of drug-likeness (QED) is 0.822. The Labute approximate surface area is 91.4 Å². The van der Waals surface area contributed by atoms with Gasteiger partial charge in [-0.3, -0.25) is 0 Å². The van der Waals surface area contributed by atoms with Gasteiger partial charge in [0.1, 0.15) is 0 Å². The Morgan fingerprint density at radius 3 is 3.07 bits per heavy atom. The first kappa shape index (κ1) is 10.7. The molecule has 2 nitrogen and oxygen atoms in total. The summed E-state index contributed by atoms with van der Waals surface area (Å²) >= 11 is 0. The molecule has 2 unspecified atom stereocenters. The van der Waals surface area contributed by atoms with Gasteiger partial charge in [-0.15, -0.1) is 0 Å². The van der Waals surface area contributed by atoms with Gasteiger partial charge in [-0.25, -0.2) is 0 Å². The van der Waals surface area contributed by atoms with Gasteiger partial charge in [0, 0.05) is 6.54 Å². The lowest BCUT2D eigenvalue weighted by molar-refractivity contribution is -0.00777. The highest BCUT2D eigenvalue weighted by Gasteiger charge is 2.21. The zero-order chi connectivity index (χ0) is 10.7. The summed E-state index contributed by atoms with van der Waals surface area (Å²) in [6.45, 7) is 2.63. The van der Waals surface area contributed by atoms with Gasteiger partial charge in [-0.2, -0.15) is 0 Å². The van der Waals surface area contributed by atoms with Crippen molar-refractivity contribution in [1.29, 1.82) is 0 Å². The summed E-state index contributed by atoms with van der Waals surface area (Å²) in [7, 11) is 0. The maximum Gasteiger partial charge on any atom is 0.0832 e. The van der Waals surface area contributed by atoms with Gasteiger partial charge in [-0.05, 0) is 37.3 Å². The number of ether oxygens (including phenoxy) is 1. The van der Waals surface area contributed by atoms with Crippen molar-refractivity contribution in [3.63, 3.8) is 0 Å². The van der Waals surface area contributed by atoms with E-state index in [4.69, 9.17) is 10.5 Å². The fraction of sp³-hybridized carbons (Fsp3) is 0.538. The number of rotatable bonds is 3. The van der Waals surface area contributed by atoms with E-state index < -0.39 is 0 Å². The summed E-state index contributed by atoms with van der Waals surface area (Å²) in [6.07, 6.45) is 3.95. The average molecular weight is 205 g/mol. The molecule has 15 heavy (non-hydrogen) atoms. The number of benzene rings is 1. The van der Waals surface area contributed by atoms with Gasteiger partial charge in [-0.1, -0.05) is 24.3 Å². The van der Waals surface area contributed by atoms with E-state index in [2.05, 4.69) is 24.3 Å². The third kappa shape index (κ3) is 2.39. The van der Waals surface area contributed by atoms with E-state index in [1.807, 2.05) is 6.92 Å². The molecule has 0 aromatic heterocycles. The summed E-state index contributed by atoms with van der Waals surface area (Å²) in [5, 5.41) is 0. The maximum absolute atomic E-state index is 5.94. The van der Waals surface area contributed by atoms with E-state index in [9.17, 15) is 0 Å². The van der Waals surface area contributed by atoms with E-state index in [1.165, 1.54) is 24.0 Å². The van der Waals surface area contributed by atoms with E-state index in [1.54, 1.807) is 0 Å². The monoisotopic (exact) mass is 205 g/mol. The first-order valence-electron chi connectivity index (χ1n) is 5.74. The molecule has 0 heterocycles. The van der Waals surface area contributed by atoms with Crippen LogP contribution in [0.25, 0.3) is 0 Å². The van der Waals surface area contributed by atoms with Crippen molar-refractivity contribution in [3.8, 4) is 0 Å². The second-order valence-corrected chi connectivity index (χ2v) is 4.26. The molecule has 0 saturated carbocycles. The Kier molecular flexibility index (Phi) is 3.39. The topological polar surface area (TPSA) is 35.2 Å². The molecule has 2 N–H and O–H groups in total. The summed E-state index contributed by atoms with van der Waals surface area (Å²) in [5.41, 5.74) is 8.39. The standard InChI is InChI=1S/C13H19NO/c1-10(9-14)15-13-8-4-6-11-5-2-3-7-12(11)13/h2-3,5,7,10,13H,4,6,8-9,14H2,1H3. The van der Waals surface area contributed by atoms with Crippen molar-refractivity contribution in [2.75, 3.05) is 6.54 Å². The van der Waals surface area contributed by atoms with E-state index in [0.29, 0.717) is 6.54 Å². The van der Waals surface area contributed by atoms with E-state index in [-0.39, 0.29) is 12.2 Å². The van der Waals surface area contributed by atoms with Crippen LogP contribution in [0.3, 0.4) is 0 Å². The van der Waals surface area contributed by atoms with E-state index in [0.717, 1.165) is 6.42 Å². The van der Waals surface area contributed by atoms with Gasteiger partial charge in [0.05, 0.1) is 12.2 Å². The highest BCUT2D eigenvalue weighted by molar-refractivity contribution is 5.31. The van der Waals surface area contributed by atoms with E-state index >= 15 is 0 Å². The number of hydrogen-bond acceptors (Lipinski definition) is 2. The number of hydrogen-bond donors (Lipinski definition) is 1. The lowest BCUT2D eigenvalue weighted by Gasteiger charge is -2.28. The number of aryl methyl sites for hydroxylation is 1. The first-order valence-corrected chi connectivity index (χ1v) is 5.74. The Morgan fingerprint density at radius 1 is 1.47 bits per heavy atom. The fourth-order valence-electron chi connectivity index (χ4n) is 2.19. The second-order valence-electron chi connectivity index (χ2n) is 4.26. The predicted octanol–water partition coefficient (Wildman–Crippen LogP) is 2.43. The van der Waals surface area contributed by atoms with Crippen molar-refractivity contribution in [1.82, 2.24) is 0 Å². The minimum Gasteiger partial charge on any atom is -0.369 e.